The predicted octanol–water partition coefficient (Wildman–Crippen LogP) is 2.91. The molecule has 0 unspecified atom stereocenters. The van der Waals surface area contributed by atoms with E-state index in [9.17, 15) is 12.8 Å². The van der Waals surface area contributed by atoms with Gasteiger partial charge >= 0.3 is 0 Å². The van der Waals surface area contributed by atoms with Gasteiger partial charge in [-0.1, -0.05) is 18.3 Å². The molecule has 2 heterocycles. The third kappa shape index (κ3) is 2.81. The number of fused-ring (bicyclic) bond motifs is 1. The minimum atomic E-state index is -3.89. The first-order valence-corrected chi connectivity index (χ1v) is 9.26. The third-order valence-electron chi connectivity index (χ3n) is 3.35. The van der Waals surface area contributed by atoms with Gasteiger partial charge in [0.1, 0.15) is 10.8 Å². The summed E-state index contributed by atoms with van der Waals surface area (Å²) in [6.45, 7) is 5.26. The van der Waals surface area contributed by atoms with Gasteiger partial charge in [0.2, 0.25) is 9.99 Å². The molecule has 2 aromatic heterocycles. The fraction of sp³-hybridized carbons (Fsp3) is 0.286. The maximum Gasteiger partial charge on any atom is 0.281 e. The van der Waals surface area contributed by atoms with Crippen LogP contribution in [0.5, 0.6) is 0 Å². The number of imidazole rings is 1. The number of nitrogens with zero attached hydrogens (tertiary/aromatic N) is 3. The summed E-state index contributed by atoms with van der Waals surface area (Å²) < 4.78 is 42.6. The van der Waals surface area contributed by atoms with Crippen LogP contribution >= 0.6 is 11.3 Å². The van der Waals surface area contributed by atoms with E-state index in [1.165, 1.54) is 34.1 Å². The molecule has 6 nitrogen and oxygen atoms in total. The Kier molecular flexibility index (Phi) is 3.85. The average Bonchev–Trinajstić information content (AvgIpc) is 2.97. The van der Waals surface area contributed by atoms with Crippen LogP contribution in [0.15, 0.2) is 23.2 Å². The van der Waals surface area contributed by atoms with E-state index in [1.54, 1.807) is 13.8 Å². The largest absolute Gasteiger partial charge is 0.281 e. The Hall–Kier alpha value is -2.00. The zero-order valence-electron chi connectivity index (χ0n) is 12.8. The van der Waals surface area contributed by atoms with E-state index in [4.69, 9.17) is 0 Å². The SMILES string of the molecule is CCc1nc2sc(C)nn2c1S(=O)(=O)Nc1ccc(F)cc1C. The number of halogens is 1. The van der Waals surface area contributed by atoms with E-state index < -0.39 is 15.8 Å². The Morgan fingerprint density at radius 3 is 2.74 bits per heavy atom. The van der Waals surface area contributed by atoms with E-state index in [1.807, 2.05) is 6.92 Å². The van der Waals surface area contributed by atoms with Gasteiger partial charge in [-0.3, -0.25) is 4.72 Å². The van der Waals surface area contributed by atoms with Gasteiger partial charge in [0, 0.05) is 0 Å². The lowest BCUT2D eigenvalue weighted by atomic mass is 10.2. The first kappa shape index (κ1) is 15.9. The first-order valence-electron chi connectivity index (χ1n) is 6.96. The highest BCUT2D eigenvalue weighted by molar-refractivity contribution is 7.92. The van der Waals surface area contributed by atoms with Crippen molar-refractivity contribution in [1.29, 1.82) is 0 Å². The zero-order chi connectivity index (χ0) is 16.8. The molecule has 23 heavy (non-hydrogen) atoms. The second-order valence-electron chi connectivity index (χ2n) is 5.10. The van der Waals surface area contributed by atoms with Gasteiger partial charge in [-0.25, -0.2) is 9.37 Å². The molecule has 122 valence electrons. The van der Waals surface area contributed by atoms with Crippen LogP contribution in [0.1, 0.15) is 23.2 Å². The van der Waals surface area contributed by atoms with Crippen LogP contribution in [-0.2, 0) is 16.4 Å². The summed E-state index contributed by atoms with van der Waals surface area (Å²) in [6.07, 6.45) is 0.466. The number of anilines is 1. The van der Waals surface area contributed by atoms with Crippen molar-refractivity contribution >= 4 is 32.0 Å². The molecule has 3 rings (SSSR count). The molecule has 9 heteroatoms. The molecule has 1 aromatic carbocycles. The van der Waals surface area contributed by atoms with Crippen molar-refractivity contribution in [3.8, 4) is 0 Å². The summed E-state index contributed by atoms with van der Waals surface area (Å²) in [5.74, 6) is -0.415. The first-order chi connectivity index (χ1) is 10.8. The minimum Gasteiger partial charge on any atom is -0.278 e. The Morgan fingerprint density at radius 2 is 2.09 bits per heavy atom. The second-order valence-corrected chi connectivity index (χ2v) is 7.86. The summed E-state index contributed by atoms with van der Waals surface area (Å²) in [6, 6.07) is 3.89. The molecule has 0 fully saturated rings. The van der Waals surface area contributed by atoms with Crippen LogP contribution in [0.2, 0.25) is 0 Å². The van der Waals surface area contributed by atoms with Crippen LogP contribution in [-0.4, -0.2) is 23.0 Å². The number of hydrogen-bond donors (Lipinski definition) is 1. The normalized spacial score (nSPS) is 12.0. The van der Waals surface area contributed by atoms with Crippen LogP contribution in [0.25, 0.3) is 4.96 Å². The molecule has 0 amide bonds. The summed E-state index contributed by atoms with van der Waals surface area (Å²) in [4.78, 5) is 4.87. The third-order valence-corrected chi connectivity index (χ3v) is 5.58. The highest BCUT2D eigenvalue weighted by atomic mass is 32.2. The Morgan fingerprint density at radius 1 is 1.35 bits per heavy atom. The number of nitrogens with one attached hydrogen (secondary N) is 1. The van der Waals surface area contributed by atoms with Crippen molar-refractivity contribution in [2.45, 2.75) is 32.2 Å². The molecule has 0 aliphatic rings. The fourth-order valence-electron chi connectivity index (χ4n) is 2.30. The summed E-state index contributed by atoms with van der Waals surface area (Å²) in [7, 11) is -3.89. The second kappa shape index (κ2) is 5.57. The van der Waals surface area contributed by atoms with Crippen LogP contribution in [0, 0.1) is 19.7 Å². The number of sulfonamides is 1. The molecule has 0 atom stereocenters. The lowest BCUT2D eigenvalue weighted by Crippen LogP contribution is -2.18. The smallest absolute Gasteiger partial charge is 0.278 e. The van der Waals surface area contributed by atoms with E-state index in [0.717, 1.165) is 5.01 Å². The number of rotatable bonds is 4. The highest BCUT2D eigenvalue weighted by Gasteiger charge is 2.27. The number of hydrogen-bond acceptors (Lipinski definition) is 5. The van der Waals surface area contributed by atoms with Gasteiger partial charge < -0.3 is 0 Å². The predicted molar refractivity (Wildman–Crippen MR) is 86.9 cm³/mol. The maximum atomic E-state index is 13.2. The van der Waals surface area contributed by atoms with Crippen molar-refractivity contribution in [2.75, 3.05) is 4.72 Å². The van der Waals surface area contributed by atoms with E-state index in [2.05, 4.69) is 14.8 Å². The van der Waals surface area contributed by atoms with Gasteiger partial charge in [-0.2, -0.15) is 18.0 Å². The van der Waals surface area contributed by atoms with Crippen LogP contribution in [0.4, 0.5) is 10.1 Å². The van der Waals surface area contributed by atoms with E-state index in [-0.39, 0.29) is 5.03 Å². The van der Waals surface area contributed by atoms with Crippen LogP contribution in [0.3, 0.4) is 0 Å². The van der Waals surface area contributed by atoms with Crippen molar-refractivity contribution < 1.29 is 12.8 Å². The zero-order valence-corrected chi connectivity index (χ0v) is 14.4. The quantitative estimate of drug-likeness (QED) is 0.781. The molecule has 0 bridgehead atoms. The average molecular weight is 354 g/mol. The number of benzene rings is 1. The van der Waals surface area contributed by atoms with E-state index in [0.29, 0.717) is 28.3 Å². The van der Waals surface area contributed by atoms with E-state index >= 15 is 0 Å². The number of aryl methyl sites for hydroxylation is 3. The van der Waals surface area contributed by atoms with Crippen molar-refractivity contribution in [3.63, 3.8) is 0 Å². The van der Waals surface area contributed by atoms with Crippen LogP contribution < -0.4 is 4.72 Å². The lowest BCUT2D eigenvalue weighted by Gasteiger charge is -2.10. The highest BCUT2D eigenvalue weighted by Crippen LogP contribution is 2.26. The monoisotopic (exact) mass is 354 g/mol. The molecule has 0 saturated carbocycles. The fourth-order valence-corrected chi connectivity index (χ4v) is 4.59. The molecule has 0 spiro atoms. The van der Waals surface area contributed by atoms with Crippen molar-refractivity contribution in [2.24, 2.45) is 0 Å². The van der Waals surface area contributed by atoms with Gasteiger partial charge in [-0.15, -0.1) is 0 Å². The molecular formula is C14H15FN4O2S2. The summed E-state index contributed by atoms with van der Waals surface area (Å²) in [5.41, 5.74) is 1.29. The Bertz CT molecular complexity index is 992. The molecule has 0 radical (unpaired) electrons. The minimum absolute atomic E-state index is 0.0306. The lowest BCUT2D eigenvalue weighted by molar-refractivity contribution is 0.591. The van der Waals surface area contributed by atoms with Gasteiger partial charge in [0.25, 0.3) is 10.0 Å². The van der Waals surface area contributed by atoms with Crippen molar-refractivity contribution in [1.82, 2.24) is 14.6 Å². The molecule has 0 aliphatic carbocycles. The topological polar surface area (TPSA) is 76.4 Å². The molecule has 3 aromatic rings. The number of aromatic nitrogens is 3. The Labute approximate surface area is 137 Å². The van der Waals surface area contributed by atoms with Crippen molar-refractivity contribution in [3.05, 3.63) is 40.3 Å². The summed E-state index contributed by atoms with van der Waals surface area (Å²) in [5, 5.41) is 4.98. The van der Waals surface area contributed by atoms with Gasteiger partial charge in [0.15, 0.2) is 0 Å². The molecule has 0 saturated heterocycles. The maximum absolute atomic E-state index is 13.2. The standard InChI is InChI=1S/C14H15FN4O2S2/c1-4-11-13(19-14(16-11)22-9(3)17-19)23(20,21)18-12-6-5-10(15)7-8(12)2/h5-7,18H,4H2,1-3H3. The van der Waals surface area contributed by atoms with Gasteiger partial charge in [0.05, 0.1) is 11.4 Å². The summed E-state index contributed by atoms with van der Waals surface area (Å²) >= 11 is 1.33. The molecule has 1 N–H and O–H groups in total. The van der Waals surface area contributed by atoms with Gasteiger partial charge in [-0.05, 0) is 44.0 Å². The molecular weight excluding hydrogens is 339 g/mol. The Balaban J connectivity index is 2.12. The molecule has 0 aliphatic heterocycles.